The van der Waals surface area contributed by atoms with Crippen LogP contribution in [-0.2, 0) is 33.3 Å². The SMILES string of the molecule is CC(=O)OC[C@H]1O[C@@H](n2cc(/C=C/Cl)c(=O)[nH]c2=O)[C@H](OC(C)=O)[C@H]1OC(C)=O. The second kappa shape index (κ2) is 9.52. The minimum absolute atomic E-state index is 0.0252. The summed E-state index contributed by atoms with van der Waals surface area (Å²) in [5.41, 5.74) is -0.460. The highest BCUT2D eigenvalue weighted by Gasteiger charge is 2.51. The van der Waals surface area contributed by atoms with Crippen LogP contribution in [-0.4, -0.2) is 52.4 Å². The number of nitrogens with one attached hydrogen (secondary N) is 1. The molecule has 0 amide bonds. The van der Waals surface area contributed by atoms with E-state index in [0.717, 1.165) is 30.1 Å². The molecule has 0 radical (unpaired) electrons. The van der Waals surface area contributed by atoms with E-state index < -0.39 is 53.7 Å². The average molecular weight is 431 g/mol. The first kappa shape index (κ1) is 22.4. The molecule has 11 nitrogen and oxygen atoms in total. The highest BCUT2D eigenvalue weighted by Crippen LogP contribution is 2.33. The van der Waals surface area contributed by atoms with Crippen molar-refractivity contribution in [3.8, 4) is 0 Å². The van der Waals surface area contributed by atoms with Gasteiger partial charge in [0.2, 0.25) is 0 Å². The summed E-state index contributed by atoms with van der Waals surface area (Å²) >= 11 is 5.50. The van der Waals surface area contributed by atoms with Gasteiger partial charge in [0.05, 0.1) is 5.56 Å². The van der Waals surface area contributed by atoms with Crippen molar-refractivity contribution in [1.82, 2.24) is 9.55 Å². The Balaban J connectivity index is 2.52. The number of aromatic amines is 1. The van der Waals surface area contributed by atoms with Crippen LogP contribution in [0.5, 0.6) is 0 Å². The second-order valence-electron chi connectivity index (χ2n) is 6.06. The molecule has 1 N–H and O–H groups in total. The molecular formula is C17H19ClN2O9. The first-order valence-electron chi connectivity index (χ1n) is 8.39. The Kier molecular flexibility index (Phi) is 7.35. The number of carbonyl (C=O) groups is 3. The van der Waals surface area contributed by atoms with Crippen molar-refractivity contribution in [2.24, 2.45) is 0 Å². The van der Waals surface area contributed by atoms with Gasteiger partial charge in [0.15, 0.2) is 18.4 Å². The highest BCUT2D eigenvalue weighted by molar-refractivity contribution is 6.27. The number of ether oxygens (including phenoxy) is 4. The van der Waals surface area contributed by atoms with Crippen LogP contribution in [0.25, 0.3) is 6.08 Å². The fraction of sp³-hybridized carbons (Fsp3) is 0.471. The first-order valence-corrected chi connectivity index (χ1v) is 8.83. The Labute approximate surface area is 169 Å². The number of nitrogens with zero attached hydrogens (tertiary/aromatic N) is 1. The topological polar surface area (TPSA) is 143 Å². The largest absolute Gasteiger partial charge is 0.463 e. The van der Waals surface area contributed by atoms with Gasteiger partial charge in [-0.05, 0) is 6.08 Å². The fourth-order valence-corrected chi connectivity index (χ4v) is 2.93. The molecule has 0 bridgehead atoms. The number of halogens is 1. The summed E-state index contributed by atoms with van der Waals surface area (Å²) in [6, 6.07) is 0. The van der Waals surface area contributed by atoms with E-state index >= 15 is 0 Å². The molecule has 1 saturated heterocycles. The Morgan fingerprint density at radius 2 is 1.76 bits per heavy atom. The normalized spacial score (nSPS) is 23.7. The maximum absolute atomic E-state index is 12.4. The molecule has 1 aliphatic heterocycles. The summed E-state index contributed by atoms with van der Waals surface area (Å²) in [5, 5.41) is 0. The zero-order valence-corrected chi connectivity index (χ0v) is 16.5. The number of rotatable bonds is 6. The molecule has 0 spiro atoms. The van der Waals surface area contributed by atoms with Gasteiger partial charge in [0.25, 0.3) is 5.56 Å². The lowest BCUT2D eigenvalue weighted by molar-refractivity contribution is -0.166. The van der Waals surface area contributed by atoms with E-state index in [4.69, 9.17) is 30.5 Å². The van der Waals surface area contributed by atoms with Crippen LogP contribution in [0.4, 0.5) is 0 Å². The van der Waals surface area contributed by atoms with E-state index in [0.29, 0.717) is 0 Å². The fourth-order valence-electron chi connectivity index (χ4n) is 2.79. The zero-order chi connectivity index (χ0) is 21.7. The number of aromatic nitrogens is 2. The molecule has 1 aromatic heterocycles. The Morgan fingerprint density at radius 1 is 1.14 bits per heavy atom. The lowest BCUT2D eigenvalue weighted by atomic mass is 10.1. The lowest BCUT2D eigenvalue weighted by Crippen LogP contribution is -2.42. The molecule has 0 unspecified atom stereocenters. The monoisotopic (exact) mass is 430 g/mol. The van der Waals surface area contributed by atoms with Gasteiger partial charge >= 0.3 is 23.6 Å². The minimum atomic E-state index is -1.28. The molecule has 29 heavy (non-hydrogen) atoms. The minimum Gasteiger partial charge on any atom is -0.463 e. The number of hydrogen-bond acceptors (Lipinski definition) is 9. The van der Waals surface area contributed by atoms with E-state index in [2.05, 4.69) is 4.98 Å². The number of esters is 3. The zero-order valence-electron chi connectivity index (χ0n) is 15.7. The maximum atomic E-state index is 12.4. The quantitative estimate of drug-likeness (QED) is 0.489. The van der Waals surface area contributed by atoms with E-state index in [-0.39, 0.29) is 12.2 Å². The Bertz CT molecular complexity index is 936. The van der Waals surface area contributed by atoms with Gasteiger partial charge in [-0.25, -0.2) is 4.79 Å². The van der Waals surface area contributed by atoms with Crippen molar-refractivity contribution in [2.75, 3.05) is 6.61 Å². The molecule has 158 valence electrons. The average Bonchev–Trinajstić information content (AvgIpc) is 2.92. The van der Waals surface area contributed by atoms with E-state index in [9.17, 15) is 24.0 Å². The van der Waals surface area contributed by atoms with Crippen molar-refractivity contribution < 1.29 is 33.3 Å². The number of hydrogen-bond donors (Lipinski definition) is 1. The van der Waals surface area contributed by atoms with Gasteiger partial charge in [-0.2, -0.15) is 0 Å². The van der Waals surface area contributed by atoms with Gasteiger partial charge in [0, 0.05) is 32.5 Å². The summed E-state index contributed by atoms with van der Waals surface area (Å²) < 4.78 is 22.1. The highest BCUT2D eigenvalue weighted by atomic mass is 35.5. The van der Waals surface area contributed by atoms with Gasteiger partial charge in [0.1, 0.15) is 12.7 Å². The van der Waals surface area contributed by atoms with Crippen molar-refractivity contribution in [1.29, 1.82) is 0 Å². The van der Waals surface area contributed by atoms with Crippen LogP contribution in [0.2, 0.25) is 0 Å². The van der Waals surface area contributed by atoms with Crippen molar-refractivity contribution in [3.05, 3.63) is 38.1 Å². The van der Waals surface area contributed by atoms with E-state index in [1.807, 2.05) is 0 Å². The van der Waals surface area contributed by atoms with E-state index in [1.165, 1.54) is 13.0 Å². The van der Waals surface area contributed by atoms with Crippen LogP contribution in [0.3, 0.4) is 0 Å². The molecule has 0 aliphatic carbocycles. The van der Waals surface area contributed by atoms with Gasteiger partial charge in [-0.1, -0.05) is 11.6 Å². The van der Waals surface area contributed by atoms with E-state index in [1.54, 1.807) is 0 Å². The van der Waals surface area contributed by atoms with Crippen molar-refractivity contribution >= 4 is 35.6 Å². The summed E-state index contributed by atoms with van der Waals surface area (Å²) in [5.74, 6) is -2.05. The molecule has 1 fully saturated rings. The molecule has 2 heterocycles. The van der Waals surface area contributed by atoms with Crippen LogP contribution < -0.4 is 11.2 Å². The third-order valence-corrected chi connectivity index (χ3v) is 3.98. The van der Waals surface area contributed by atoms with Crippen LogP contribution in [0, 0.1) is 0 Å². The number of H-pyrrole nitrogens is 1. The van der Waals surface area contributed by atoms with Gasteiger partial charge in [-0.15, -0.1) is 0 Å². The molecule has 2 rings (SSSR count). The molecule has 12 heteroatoms. The summed E-state index contributed by atoms with van der Waals surface area (Å²) in [7, 11) is 0. The third kappa shape index (κ3) is 5.55. The van der Waals surface area contributed by atoms with Crippen LogP contribution in [0.15, 0.2) is 21.3 Å². The second-order valence-corrected chi connectivity index (χ2v) is 6.31. The molecule has 0 saturated carbocycles. The van der Waals surface area contributed by atoms with Crippen LogP contribution in [0.1, 0.15) is 32.6 Å². The molecule has 1 aromatic rings. The van der Waals surface area contributed by atoms with Gasteiger partial charge in [-0.3, -0.25) is 28.7 Å². The number of carbonyl (C=O) groups excluding carboxylic acids is 3. The predicted molar refractivity (Wildman–Crippen MR) is 97.9 cm³/mol. The lowest BCUT2D eigenvalue weighted by Gasteiger charge is -2.24. The van der Waals surface area contributed by atoms with Crippen molar-refractivity contribution in [2.45, 2.75) is 45.3 Å². The Morgan fingerprint density at radius 3 is 2.31 bits per heavy atom. The molecule has 1 aliphatic rings. The van der Waals surface area contributed by atoms with Gasteiger partial charge < -0.3 is 18.9 Å². The maximum Gasteiger partial charge on any atom is 0.330 e. The summed E-state index contributed by atoms with van der Waals surface area (Å²) in [4.78, 5) is 60.6. The summed E-state index contributed by atoms with van der Waals surface area (Å²) in [6.07, 6.45) is -2.36. The van der Waals surface area contributed by atoms with Crippen molar-refractivity contribution in [3.63, 3.8) is 0 Å². The predicted octanol–water partition coefficient (Wildman–Crippen LogP) is 0.0700. The smallest absolute Gasteiger partial charge is 0.330 e. The molecular weight excluding hydrogens is 412 g/mol. The van der Waals surface area contributed by atoms with Crippen LogP contribution >= 0.6 is 11.6 Å². The molecule has 0 aromatic carbocycles. The molecule has 4 atom stereocenters. The third-order valence-electron chi connectivity index (χ3n) is 3.85. The standard InChI is InChI=1S/C17H19ClN2O9/c1-8(21)26-7-12-13(27-9(2)22)14(28-10(3)23)16(29-12)20-6-11(4-5-18)15(24)19-17(20)25/h4-6,12-14,16H,7H2,1-3H3,(H,19,24,25)/b5-4+/t12-,13+,14-,16-/m1/s1. The summed E-state index contributed by atoms with van der Waals surface area (Å²) in [6.45, 7) is 3.11. The first-order chi connectivity index (χ1) is 13.6. The Hall–Kier alpha value is -2.92.